The first-order valence-corrected chi connectivity index (χ1v) is 9.56. The van der Waals surface area contributed by atoms with Crippen LogP contribution in [0.2, 0.25) is 0 Å². The van der Waals surface area contributed by atoms with Crippen molar-refractivity contribution in [1.29, 1.82) is 0 Å². The number of hydrogen-bond acceptors (Lipinski definition) is 4. The highest BCUT2D eigenvalue weighted by atomic mass is 16.4. The number of carboxylic acid groups (broad SMARTS) is 1. The Kier molecular flexibility index (Phi) is 3.28. The normalized spacial score (nSPS) is 37.0. The Bertz CT molecular complexity index is 721. The van der Waals surface area contributed by atoms with Gasteiger partial charge in [-0.3, -0.25) is 9.59 Å². The van der Waals surface area contributed by atoms with Crippen molar-refractivity contribution < 1.29 is 19.1 Å². The van der Waals surface area contributed by atoms with Crippen LogP contribution < -0.4 is 0 Å². The molecule has 1 aromatic rings. The van der Waals surface area contributed by atoms with E-state index in [9.17, 15) is 14.7 Å². The molecule has 25 heavy (non-hydrogen) atoms. The standard InChI is InChI=1S/C19H24N2O4/c22-17(14-10-25-16(20-14)11-3-4-11)21-7-1-2-13(9-21)19-6-5-12(8-19)15(19)18(23)24/h10-13,15H,1-9H2,(H,23,24). The number of aromatic nitrogens is 1. The highest BCUT2D eigenvalue weighted by Gasteiger charge is 2.65. The second kappa shape index (κ2) is 5.32. The van der Waals surface area contributed by atoms with Crippen molar-refractivity contribution in [3.63, 3.8) is 0 Å². The monoisotopic (exact) mass is 344 g/mol. The lowest BCUT2D eigenvalue weighted by Crippen LogP contribution is -2.54. The van der Waals surface area contributed by atoms with Gasteiger partial charge in [-0.25, -0.2) is 4.98 Å². The lowest BCUT2D eigenvalue weighted by atomic mass is 9.53. The van der Waals surface area contributed by atoms with Crippen LogP contribution >= 0.6 is 0 Å². The number of amides is 1. The van der Waals surface area contributed by atoms with Gasteiger partial charge in [-0.15, -0.1) is 0 Å². The fraction of sp³-hybridized carbons (Fsp3) is 0.737. The maximum absolute atomic E-state index is 12.8. The summed E-state index contributed by atoms with van der Waals surface area (Å²) >= 11 is 0. The van der Waals surface area contributed by atoms with Crippen LogP contribution in [0.3, 0.4) is 0 Å². The third kappa shape index (κ3) is 2.26. The third-order valence-corrected chi connectivity index (χ3v) is 7.17. The Morgan fingerprint density at radius 3 is 2.84 bits per heavy atom. The Morgan fingerprint density at radius 2 is 2.12 bits per heavy atom. The summed E-state index contributed by atoms with van der Waals surface area (Å²) in [6, 6.07) is 0. The Balaban J connectivity index is 1.32. The van der Waals surface area contributed by atoms with Gasteiger partial charge < -0.3 is 14.4 Å². The van der Waals surface area contributed by atoms with Gasteiger partial charge in [-0.1, -0.05) is 0 Å². The van der Waals surface area contributed by atoms with Gasteiger partial charge in [0.1, 0.15) is 6.26 Å². The third-order valence-electron chi connectivity index (χ3n) is 7.17. The van der Waals surface area contributed by atoms with E-state index in [1.54, 1.807) is 0 Å². The Morgan fingerprint density at radius 1 is 1.28 bits per heavy atom. The van der Waals surface area contributed by atoms with Crippen LogP contribution in [-0.2, 0) is 4.79 Å². The van der Waals surface area contributed by atoms with Crippen molar-refractivity contribution in [1.82, 2.24) is 9.88 Å². The number of rotatable bonds is 4. The number of hydrogen-bond donors (Lipinski definition) is 1. The molecule has 1 saturated heterocycles. The number of piperidine rings is 1. The minimum atomic E-state index is -0.636. The fourth-order valence-corrected chi connectivity index (χ4v) is 5.79. The van der Waals surface area contributed by atoms with E-state index in [2.05, 4.69) is 4.98 Å². The molecule has 5 aliphatic rings. The minimum Gasteiger partial charge on any atom is -0.481 e. The van der Waals surface area contributed by atoms with E-state index in [1.807, 2.05) is 4.90 Å². The largest absolute Gasteiger partial charge is 0.481 e. The predicted octanol–water partition coefficient (Wildman–Crippen LogP) is 2.91. The first-order chi connectivity index (χ1) is 12.1. The van der Waals surface area contributed by atoms with E-state index in [0.29, 0.717) is 35.9 Å². The predicted molar refractivity (Wildman–Crippen MR) is 88.0 cm³/mol. The number of carbonyl (C=O) groups is 2. The van der Waals surface area contributed by atoms with E-state index < -0.39 is 5.97 Å². The van der Waals surface area contributed by atoms with E-state index in [0.717, 1.165) is 51.5 Å². The van der Waals surface area contributed by atoms with Gasteiger partial charge >= 0.3 is 5.97 Å². The molecule has 0 radical (unpaired) electrons. The minimum absolute atomic E-state index is 0.0579. The molecule has 0 aromatic carbocycles. The average Bonchev–Trinajstić information content (AvgIpc) is 3.03. The summed E-state index contributed by atoms with van der Waals surface area (Å²) < 4.78 is 5.47. The van der Waals surface area contributed by atoms with Gasteiger partial charge in [0.2, 0.25) is 0 Å². The zero-order valence-corrected chi connectivity index (χ0v) is 14.3. The lowest BCUT2D eigenvalue weighted by molar-refractivity contribution is -0.161. The molecular weight excluding hydrogens is 320 g/mol. The van der Waals surface area contributed by atoms with Crippen molar-refractivity contribution >= 4 is 11.9 Å². The summed E-state index contributed by atoms with van der Waals surface area (Å²) in [5.74, 6) is 0.872. The number of carbonyl (C=O) groups excluding carboxylic acids is 1. The zero-order valence-electron chi connectivity index (χ0n) is 14.3. The molecule has 1 aromatic heterocycles. The van der Waals surface area contributed by atoms with E-state index in [4.69, 9.17) is 4.42 Å². The first kappa shape index (κ1) is 15.4. The summed E-state index contributed by atoms with van der Waals surface area (Å²) in [4.78, 5) is 30.8. The summed E-state index contributed by atoms with van der Waals surface area (Å²) in [7, 11) is 0. The molecule has 0 spiro atoms. The SMILES string of the molecule is O=C(O)C1C2CCC1(C1CCCN(C(=O)c3coc(C4CC4)n3)C1)C2. The van der Waals surface area contributed by atoms with Crippen LogP contribution in [0, 0.1) is 23.2 Å². The van der Waals surface area contributed by atoms with E-state index >= 15 is 0 Å². The van der Waals surface area contributed by atoms with Crippen molar-refractivity contribution in [2.75, 3.05) is 13.1 Å². The summed E-state index contributed by atoms with van der Waals surface area (Å²) in [5, 5.41) is 9.62. The molecule has 134 valence electrons. The first-order valence-electron chi connectivity index (χ1n) is 9.56. The number of carboxylic acids is 1. The second-order valence-corrected chi connectivity index (χ2v) is 8.49. The van der Waals surface area contributed by atoms with Gasteiger partial charge in [-0.2, -0.15) is 0 Å². The van der Waals surface area contributed by atoms with Crippen molar-refractivity contribution in [3.8, 4) is 0 Å². The van der Waals surface area contributed by atoms with Crippen molar-refractivity contribution in [2.45, 2.75) is 50.9 Å². The van der Waals surface area contributed by atoms with Crippen LogP contribution in [0.15, 0.2) is 10.7 Å². The zero-order chi connectivity index (χ0) is 17.2. The van der Waals surface area contributed by atoms with Crippen molar-refractivity contribution in [3.05, 3.63) is 17.8 Å². The van der Waals surface area contributed by atoms with Crippen LogP contribution in [0.1, 0.15) is 67.2 Å². The molecule has 2 bridgehead atoms. The molecule has 6 rings (SSSR count). The number of fused-ring (bicyclic) bond motifs is 1. The number of oxazole rings is 1. The Hall–Kier alpha value is -1.85. The summed E-state index contributed by atoms with van der Waals surface area (Å²) in [6.07, 6.45) is 8.75. The Labute approximate surface area is 146 Å². The average molecular weight is 344 g/mol. The fourth-order valence-electron chi connectivity index (χ4n) is 5.79. The molecule has 1 N–H and O–H groups in total. The van der Waals surface area contributed by atoms with E-state index in [1.165, 1.54) is 6.26 Å². The maximum Gasteiger partial charge on any atom is 0.307 e. The second-order valence-electron chi connectivity index (χ2n) is 8.49. The number of likely N-dealkylation sites (tertiary alicyclic amines) is 1. The molecule has 1 amide bonds. The smallest absolute Gasteiger partial charge is 0.307 e. The highest BCUT2D eigenvalue weighted by molar-refractivity contribution is 5.92. The van der Waals surface area contributed by atoms with Crippen LogP contribution in [0.5, 0.6) is 0 Å². The van der Waals surface area contributed by atoms with Crippen LogP contribution in [-0.4, -0.2) is 40.0 Å². The molecule has 5 fully saturated rings. The lowest BCUT2D eigenvalue weighted by Gasteiger charge is -2.52. The molecule has 4 aliphatic carbocycles. The molecule has 6 nitrogen and oxygen atoms in total. The van der Waals surface area contributed by atoms with Crippen LogP contribution in [0.25, 0.3) is 0 Å². The molecule has 4 saturated carbocycles. The summed E-state index contributed by atoms with van der Waals surface area (Å²) in [5.41, 5.74) is 0.339. The van der Waals surface area contributed by atoms with Gasteiger partial charge in [0.05, 0.1) is 5.92 Å². The van der Waals surface area contributed by atoms with Gasteiger partial charge in [0, 0.05) is 19.0 Å². The number of aliphatic carboxylic acids is 1. The van der Waals surface area contributed by atoms with Gasteiger partial charge in [0.15, 0.2) is 11.6 Å². The van der Waals surface area contributed by atoms with Crippen LogP contribution in [0.4, 0.5) is 0 Å². The van der Waals surface area contributed by atoms with Crippen molar-refractivity contribution in [2.24, 2.45) is 23.2 Å². The molecule has 6 heteroatoms. The number of nitrogens with zero attached hydrogens (tertiary/aromatic N) is 2. The molecular formula is C19H24N2O4. The quantitative estimate of drug-likeness (QED) is 0.908. The van der Waals surface area contributed by atoms with E-state index in [-0.39, 0.29) is 17.2 Å². The topological polar surface area (TPSA) is 83.6 Å². The molecule has 4 atom stereocenters. The molecule has 4 unspecified atom stereocenters. The highest BCUT2D eigenvalue weighted by Crippen LogP contribution is 2.67. The summed E-state index contributed by atoms with van der Waals surface area (Å²) in [6.45, 7) is 1.40. The van der Waals surface area contributed by atoms with Gasteiger partial charge in [-0.05, 0) is 62.2 Å². The molecule has 2 heterocycles. The molecule has 1 aliphatic heterocycles. The maximum atomic E-state index is 12.8. The van der Waals surface area contributed by atoms with Gasteiger partial charge in [0.25, 0.3) is 5.91 Å².